The van der Waals surface area contributed by atoms with Crippen LogP contribution in [0, 0.1) is 0 Å². The molecule has 0 radical (unpaired) electrons. The number of hydrogen-bond donors (Lipinski definition) is 0. The molecule has 4 rings (SSSR count). The zero-order valence-electron chi connectivity index (χ0n) is 19.0. The Labute approximate surface area is 206 Å². The van der Waals surface area contributed by atoms with Gasteiger partial charge in [0.2, 0.25) is 11.8 Å². The molecule has 1 aliphatic rings. The molecule has 1 atom stereocenters. The highest BCUT2D eigenvalue weighted by molar-refractivity contribution is 7.99. The minimum absolute atomic E-state index is 0.0989. The van der Waals surface area contributed by atoms with E-state index in [1.165, 1.54) is 36.0 Å². The van der Waals surface area contributed by atoms with Crippen LogP contribution in [-0.2, 0) is 20.1 Å². The zero-order chi connectivity index (χ0) is 24.8. The molecule has 0 saturated carbocycles. The fraction of sp³-hybridized carbons (Fsp3) is 0.231. The quantitative estimate of drug-likeness (QED) is 0.234. The molecule has 8 nitrogen and oxygen atoms in total. The van der Waals surface area contributed by atoms with Gasteiger partial charge in [-0.3, -0.25) is 14.4 Å². The molecular formula is C26H23NO7S. The normalized spacial score (nSPS) is 15.3. The summed E-state index contributed by atoms with van der Waals surface area (Å²) in [5, 5.41) is -0.495. The molecule has 35 heavy (non-hydrogen) atoms. The van der Waals surface area contributed by atoms with E-state index in [0.717, 1.165) is 10.7 Å². The predicted octanol–water partition coefficient (Wildman–Crippen LogP) is 4.28. The second-order valence-corrected chi connectivity index (χ2v) is 8.85. The van der Waals surface area contributed by atoms with E-state index >= 15 is 0 Å². The van der Waals surface area contributed by atoms with E-state index in [9.17, 15) is 19.2 Å². The molecule has 0 bridgehead atoms. The molecule has 1 aromatic heterocycles. The van der Waals surface area contributed by atoms with Crippen molar-refractivity contribution >= 4 is 41.0 Å². The molecule has 0 spiro atoms. The minimum atomic E-state index is -0.679. The number of anilines is 1. The van der Waals surface area contributed by atoms with Gasteiger partial charge in [0.25, 0.3) is 0 Å². The van der Waals surface area contributed by atoms with Gasteiger partial charge in [-0.1, -0.05) is 0 Å². The topological polar surface area (TPSA) is 103 Å². The smallest absolute Gasteiger partial charge is 0.338 e. The van der Waals surface area contributed by atoms with E-state index in [0.29, 0.717) is 29.4 Å². The lowest BCUT2D eigenvalue weighted by atomic mass is 10.1. The molecule has 3 aromatic rings. The lowest BCUT2D eigenvalue weighted by Gasteiger charge is -2.15. The summed E-state index contributed by atoms with van der Waals surface area (Å²) in [6.45, 7) is 1.98. The lowest BCUT2D eigenvalue weighted by Crippen LogP contribution is -2.31. The highest BCUT2D eigenvalue weighted by Crippen LogP contribution is 2.31. The van der Waals surface area contributed by atoms with Crippen molar-refractivity contribution in [2.45, 2.75) is 24.3 Å². The van der Waals surface area contributed by atoms with Crippen LogP contribution >= 0.6 is 11.8 Å². The van der Waals surface area contributed by atoms with Gasteiger partial charge in [-0.25, -0.2) is 9.69 Å². The number of carbonyl (C=O) groups excluding carboxylic acids is 4. The van der Waals surface area contributed by atoms with Crippen LogP contribution in [0.5, 0.6) is 5.75 Å². The first-order chi connectivity index (χ1) is 17.0. The summed E-state index contributed by atoms with van der Waals surface area (Å²) in [7, 11) is 0. The summed E-state index contributed by atoms with van der Waals surface area (Å²) in [5.41, 5.74) is 0.987. The summed E-state index contributed by atoms with van der Waals surface area (Å²) in [6.07, 6.45) is 1.66. The monoisotopic (exact) mass is 493 g/mol. The predicted molar refractivity (Wildman–Crippen MR) is 130 cm³/mol. The molecule has 2 aromatic carbocycles. The van der Waals surface area contributed by atoms with Crippen LogP contribution in [0.1, 0.15) is 39.8 Å². The number of hydrogen-bond acceptors (Lipinski definition) is 8. The molecule has 1 fully saturated rings. The summed E-state index contributed by atoms with van der Waals surface area (Å²) in [6, 6.07) is 16.1. The number of furan rings is 1. The Hall–Kier alpha value is -3.85. The van der Waals surface area contributed by atoms with Crippen LogP contribution in [0.4, 0.5) is 5.69 Å². The number of imide groups is 1. The van der Waals surface area contributed by atoms with Crippen molar-refractivity contribution in [1.29, 1.82) is 0 Å². The van der Waals surface area contributed by atoms with Gasteiger partial charge in [0.1, 0.15) is 11.5 Å². The maximum absolute atomic E-state index is 12.8. The molecule has 0 N–H and O–H groups in total. The van der Waals surface area contributed by atoms with Gasteiger partial charge in [0.05, 0.1) is 35.1 Å². The molecule has 0 aliphatic carbocycles. The molecule has 1 saturated heterocycles. The number of Topliss-reactive ketones (excluding diaryl/α,β-unsaturated/α-hetero) is 1. The van der Waals surface area contributed by atoms with E-state index < -0.39 is 17.8 Å². The SMILES string of the molecule is CCOc1ccc(C(=O)COC(=O)c2ccc(N3C(=O)CC(SCc4ccco4)C3=O)cc2)cc1. The van der Waals surface area contributed by atoms with E-state index in [1.807, 2.05) is 13.0 Å². The molecule has 2 heterocycles. The molecule has 2 amide bonds. The number of rotatable bonds is 10. The standard InChI is InChI=1S/C26H23NO7S/c1-2-32-20-11-7-17(8-12-20)22(28)15-34-26(31)18-5-9-19(10-6-18)27-24(29)14-23(25(27)30)35-16-21-4-3-13-33-21/h3-13,23H,2,14-16H2,1H3. The molecule has 1 unspecified atom stereocenters. The van der Waals surface area contributed by atoms with Crippen LogP contribution in [0.25, 0.3) is 0 Å². The Morgan fingerprint density at radius 1 is 1.03 bits per heavy atom. The van der Waals surface area contributed by atoms with Crippen LogP contribution in [0.3, 0.4) is 0 Å². The van der Waals surface area contributed by atoms with Crippen LogP contribution in [0.2, 0.25) is 0 Å². The van der Waals surface area contributed by atoms with Crippen molar-refractivity contribution in [2.75, 3.05) is 18.1 Å². The molecule has 180 valence electrons. The summed E-state index contributed by atoms with van der Waals surface area (Å²) in [4.78, 5) is 51.1. The second-order valence-electron chi connectivity index (χ2n) is 7.65. The second kappa shape index (κ2) is 11.1. The number of nitrogens with zero attached hydrogens (tertiary/aromatic N) is 1. The van der Waals surface area contributed by atoms with E-state index in [1.54, 1.807) is 36.6 Å². The van der Waals surface area contributed by atoms with Crippen LogP contribution < -0.4 is 9.64 Å². The zero-order valence-corrected chi connectivity index (χ0v) is 19.8. The Bertz CT molecular complexity index is 1200. The fourth-order valence-corrected chi connectivity index (χ4v) is 4.57. The maximum atomic E-state index is 12.8. The van der Waals surface area contributed by atoms with Gasteiger partial charge in [0.15, 0.2) is 12.4 Å². The van der Waals surface area contributed by atoms with Crippen molar-refractivity contribution in [3.63, 3.8) is 0 Å². The number of amides is 2. The third-order valence-corrected chi connectivity index (χ3v) is 6.52. The molecular weight excluding hydrogens is 470 g/mol. The van der Waals surface area contributed by atoms with Crippen molar-refractivity contribution < 1.29 is 33.1 Å². The third-order valence-electron chi connectivity index (χ3n) is 5.29. The van der Waals surface area contributed by atoms with Crippen molar-refractivity contribution in [2.24, 2.45) is 0 Å². The average Bonchev–Trinajstić information content (AvgIpc) is 3.49. The van der Waals surface area contributed by atoms with Gasteiger partial charge in [-0.15, -0.1) is 11.8 Å². The van der Waals surface area contributed by atoms with Gasteiger partial charge >= 0.3 is 5.97 Å². The lowest BCUT2D eigenvalue weighted by molar-refractivity contribution is -0.121. The number of esters is 1. The van der Waals surface area contributed by atoms with Crippen LogP contribution in [0.15, 0.2) is 71.3 Å². The Morgan fingerprint density at radius 2 is 1.74 bits per heavy atom. The van der Waals surface area contributed by atoms with Gasteiger partial charge in [0, 0.05) is 12.0 Å². The minimum Gasteiger partial charge on any atom is -0.494 e. The number of thioether (sulfide) groups is 1. The van der Waals surface area contributed by atoms with Crippen molar-refractivity contribution in [3.8, 4) is 5.75 Å². The van der Waals surface area contributed by atoms with E-state index in [-0.39, 0.29) is 29.6 Å². The van der Waals surface area contributed by atoms with Crippen LogP contribution in [-0.4, -0.2) is 42.0 Å². The summed E-state index contributed by atoms with van der Waals surface area (Å²) >= 11 is 1.35. The molecule has 9 heteroatoms. The maximum Gasteiger partial charge on any atom is 0.338 e. The Kier molecular flexibility index (Phi) is 7.67. The van der Waals surface area contributed by atoms with Crippen molar-refractivity contribution in [1.82, 2.24) is 0 Å². The number of ketones is 1. The number of benzene rings is 2. The van der Waals surface area contributed by atoms with Crippen molar-refractivity contribution in [3.05, 3.63) is 83.8 Å². The average molecular weight is 494 g/mol. The highest BCUT2D eigenvalue weighted by Gasteiger charge is 2.39. The number of ether oxygens (including phenoxy) is 2. The van der Waals surface area contributed by atoms with Gasteiger partial charge in [-0.2, -0.15) is 0 Å². The first-order valence-electron chi connectivity index (χ1n) is 11.0. The Morgan fingerprint density at radius 3 is 2.40 bits per heavy atom. The highest BCUT2D eigenvalue weighted by atomic mass is 32.2. The third kappa shape index (κ3) is 5.81. The summed E-state index contributed by atoms with van der Waals surface area (Å²) < 4.78 is 15.8. The first-order valence-corrected chi connectivity index (χ1v) is 12.0. The van der Waals surface area contributed by atoms with E-state index in [2.05, 4.69) is 0 Å². The molecule has 1 aliphatic heterocycles. The van der Waals surface area contributed by atoms with E-state index in [4.69, 9.17) is 13.9 Å². The van der Waals surface area contributed by atoms with Gasteiger partial charge in [-0.05, 0) is 67.6 Å². The largest absolute Gasteiger partial charge is 0.494 e. The van der Waals surface area contributed by atoms with Gasteiger partial charge < -0.3 is 13.9 Å². The first kappa shape index (κ1) is 24.3. The fourth-order valence-electron chi connectivity index (χ4n) is 3.53. The summed E-state index contributed by atoms with van der Waals surface area (Å²) in [5.74, 6) is 0.248. The number of carbonyl (C=O) groups is 4. The Balaban J connectivity index is 1.32.